The number of aryl methyl sites for hydroxylation is 1. The average Bonchev–Trinajstić information content (AvgIpc) is 2.97. The van der Waals surface area contributed by atoms with E-state index in [0.717, 1.165) is 11.1 Å². The third-order valence-electron chi connectivity index (χ3n) is 3.99. The van der Waals surface area contributed by atoms with Crippen LogP contribution in [0.15, 0.2) is 65.5 Å². The van der Waals surface area contributed by atoms with Gasteiger partial charge < -0.3 is 5.32 Å². The van der Waals surface area contributed by atoms with Crippen molar-refractivity contribution in [1.29, 1.82) is 0 Å². The van der Waals surface area contributed by atoms with Gasteiger partial charge in [0.1, 0.15) is 6.54 Å². The molecule has 0 spiro atoms. The number of hydrogen-bond acceptors (Lipinski definition) is 3. The van der Waals surface area contributed by atoms with Gasteiger partial charge in [0.15, 0.2) is 5.82 Å². The fourth-order valence-corrected chi connectivity index (χ4v) is 2.65. The van der Waals surface area contributed by atoms with Crippen molar-refractivity contribution in [3.63, 3.8) is 0 Å². The number of benzene rings is 2. The van der Waals surface area contributed by atoms with E-state index in [0.29, 0.717) is 18.8 Å². The second kappa shape index (κ2) is 7.61. The van der Waals surface area contributed by atoms with Crippen LogP contribution in [0.1, 0.15) is 5.56 Å². The molecule has 0 aliphatic rings. The number of hydrogen-bond donors (Lipinski definition) is 1. The Bertz CT molecular complexity index is 898. The second-order valence-corrected chi connectivity index (χ2v) is 5.69. The lowest BCUT2D eigenvalue weighted by Gasteiger charge is -2.06. The first kappa shape index (κ1) is 16.7. The summed E-state index contributed by atoms with van der Waals surface area (Å²) in [4.78, 5) is 24.4. The van der Waals surface area contributed by atoms with Crippen LogP contribution in [0.3, 0.4) is 0 Å². The normalized spacial score (nSPS) is 10.6. The lowest BCUT2D eigenvalue weighted by Crippen LogP contribution is -2.32. The molecule has 0 aliphatic heterocycles. The molecule has 1 amide bonds. The SMILES string of the molecule is CNC(=O)Cn1nc(-c2ccccc2)n(CCc2ccccc2)c1=O. The highest BCUT2D eigenvalue weighted by atomic mass is 16.2. The molecule has 0 atom stereocenters. The van der Waals surface area contributed by atoms with Crippen LogP contribution in [0.4, 0.5) is 0 Å². The fraction of sp³-hybridized carbons (Fsp3) is 0.211. The van der Waals surface area contributed by atoms with Crippen molar-refractivity contribution in [3.05, 3.63) is 76.7 Å². The molecule has 0 bridgehead atoms. The fourth-order valence-electron chi connectivity index (χ4n) is 2.65. The third-order valence-corrected chi connectivity index (χ3v) is 3.99. The van der Waals surface area contributed by atoms with Gasteiger partial charge in [-0.3, -0.25) is 9.36 Å². The molecule has 0 radical (unpaired) electrons. The minimum atomic E-state index is -0.279. The highest BCUT2D eigenvalue weighted by molar-refractivity contribution is 5.75. The van der Waals surface area contributed by atoms with E-state index in [-0.39, 0.29) is 18.1 Å². The van der Waals surface area contributed by atoms with E-state index in [1.54, 1.807) is 4.57 Å². The van der Waals surface area contributed by atoms with Crippen LogP contribution in [0, 0.1) is 0 Å². The quantitative estimate of drug-likeness (QED) is 0.745. The summed E-state index contributed by atoms with van der Waals surface area (Å²) < 4.78 is 2.84. The Morgan fingerprint density at radius 1 is 1.04 bits per heavy atom. The number of nitrogens with one attached hydrogen (secondary N) is 1. The third kappa shape index (κ3) is 3.85. The second-order valence-electron chi connectivity index (χ2n) is 5.69. The first-order valence-corrected chi connectivity index (χ1v) is 8.16. The number of carbonyl (C=O) groups excluding carboxylic acids is 1. The summed E-state index contributed by atoms with van der Waals surface area (Å²) in [6.45, 7) is 0.411. The van der Waals surface area contributed by atoms with E-state index in [1.807, 2.05) is 60.7 Å². The van der Waals surface area contributed by atoms with Crippen LogP contribution in [0.5, 0.6) is 0 Å². The van der Waals surface area contributed by atoms with Gasteiger partial charge in [-0.2, -0.15) is 0 Å². The Hall–Kier alpha value is -3.15. The minimum Gasteiger partial charge on any atom is -0.358 e. The van der Waals surface area contributed by atoms with E-state index in [2.05, 4.69) is 10.4 Å². The smallest absolute Gasteiger partial charge is 0.346 e. The summed E-state index contributed by atoms with van der Waals surface area (Å²) >= 11 is 0. The molecule has 2 aromatic carbocycles. The van der Waals surface area contributed by atoms with Gasteiger partial charge in [0.05, 0.1) is 0 Å². The van der Waals surface area contributed by atoms with Gasteiger partial charge in [-0.1, -0.05) is 60.7 Å². The molecule has 25 heavy (non-hydrogen) atoms. The molecule has 1 aromatic heterocycles. The van der Waals surface area contributed by atoms with Crippen LogP contribution >= 0.6 is 0 Å². The highest BCUT2D eigenvalue weighted by Crippen LogP contribution is 2.15. The van der Waals surface area contributed by atoms with Crippen molar-refractivity contribution in [2.45, 2.75) is 19.5 Å². The molecular weight excluding hydrogens is 316 g/mol. The van der Waals surface area contributed by atoms with Gasteiger partial charge >= 0.3 is 5.69 Å². The Balaban J connectivity index is 1.96. The summed E-state index contributed by atoms with van der Waals surface area (Å²) in [6.07, 6.45) is 0.715. The van der Waals surface area contributed by atoms with Gasteiger partial charge in [0, 0.05) is 19.2 Å². The molecule has 6 heteroatoms. The van der Waals surface area contributed by atoms with Crippen molar-refractivity contribution < 1.29 is 4.79 Å². The summed E-state index contributed by atoms with van der Waals surface area (Å²) in [5, 5.41) is 6.91. The molecule has 6 nitrogen and oxygen atoms in total. The van der Waals surface area contributed by atoms with Crippen LogP contribution in [0.25, 0.3) is 11.4 Å². The van der Waals surface area contributed by atoms with E-state index in [9.17, 15) is 9.59 Å². The molecule has 0 aliphatic carbocycles. The predicted octanol–water partition coefficient (Wildman–Crippen LogP) is 1.70. The molecule has 3 rings (SSSR count). The van der Waals surface area contributed by atoms with Gasteiger partial charge in [0.25, 0.3) is 0 Å². The number of amides is 1. The minimum absolute atomic E-state index is 0.0898. The zero-order chi connectivity index (χ0) is 17.6. The predicted molar refractivity (Wildman–Crippen MR) is 96.1 cm³/mol. The van der Waals surface area contributed by atoms with Gasteiger partial charge in [0.2, 0.25) is 5.91 Å². The standard InChI is InChI=1S/C19H20N4O2/c1-20-17(24)14-23-19(25)22(13-12-15-8-4-2-5-9-15)18(21-23)16-10-6-3-7-11-16/h2-11H,12-14H2,1H3,(H,20,24). The van der Waals surface area contributed by atoms with Gasteiger partial charge in [-0.15, -0.1) is 5.10 Å². The molecule has 1 heterocycles. The summed E-state index contributed by atoms with van der Waals surface area (Å²) in [7, 11) is 1.54. The Labute approximate surface area is 145 Å². The van der Waals surface area contributed by atoms with Crippen LogP contribution in [-0.4, -0.2) is 27.3 Å². The first-order valence-electron chi connectivity index (χ1n) is 8.16. The number of rotatable bonds is 6. The maximum atomic E-state index is 12.7. The summed E-state index contributed by atoms with van der Waals surface area (Å²) in [5.41, 5.74) is 1.72. The molecule has 0 fully saturated rings. The van der Waals surface area contributed by atoms with Crippen LogP contribution in [0.2, 0.25) is 0 Å². The molecule has 0 unspecified atom stereocenters. The van der Waals surface area contributed by atoms with E-state index in [1.165, 1.54) is 11.7 Å². The molecule has 0 saturated carbocycles. The van der Waals surface area contributed by atoms with Crippen LogP contribution < -0.4 is 11.0 Å². The summed E-state index contributed by atoms with van der Waals surface area (Å²) in [5.74, 6) is 0.319. The summed E-state index contributed by atoms with van der Waals surface area (Å²) in [6, 6.07) is 19.5. The molecule has 1 N–H and O–H groups in total. The molecule has 128 valence electrons. The monoisotopic (exact) mass is 336 g/mol. The zero-order valence-corrected chi connectivity index (χ0v) is 14.1. The number of carbonyl (C=O) groups is 1. The molecule has 0 saturated heterocycles. The topological polar surface area (TPSA) is 68.9 Å². The first-order chi connectivity index (χ1) is 12.2. The van der Waals surface area contributed by atoms with E-state index < -0.39 is 0 Å². The number of nitrogens with zero attached hydrogens (tertiary/aromatic N) is 3. The lowest BCUT2D eigenvalue weighted by atomic mass is 10.1. The van der Waals surface area contributed by atoms with Crippen molar-refractivity contribution in [3.8, 4) is 11.4 Å². The van der Waals surface area contributed by atoms with Crippen molar-refractivity contribution in [2.24, 2.45) is 0 Å². The maximum absolute atomic E-state index is 12.7. The molecular formula is C19H20N4O2. The Morgan fingerprint density at radius 2 is 1.68 bits per heavy atom. The van der Waals surface area contributed by atoms with E-state index >= 15 is 0 Å². The highest BCUT2D eigenvalue weighted by Gasteiger charge is 2.16. The average molecular weight is 336 g/mol. The number of likely N-dealkylation sites (N-methyl/N-ethyl adjacent to an activating group) is 1. The Kier molecular flexibility index (Phi) is 5.09. The van der Waals surface area contributed by atoms with E-state index in [4.69, 9.17) is 0 Å². The largest absolute Gasteiger partial charge is 0.358 e. The van der Waals surface area contributed by atoms with Crippen LogP contribution in [-0.2, 0) is 24.3 Å². The number of aromatic nitrogens is 3. The zero-order valence-electron chi connectivity index (χ0n) is 14.1. The Morgan fingerprint density at radius 3 is 2.32 bits per heavy atom. The van der Waals surface area contributed by atoms with Crippen molar-refractivity contribution >= 4 is 5.91 Å². The van der Waals surface area contributed by atoms with Gasteiger partial charge in [-0.25, -0.2) is 9.48 Å². The van der Waals surface area contributed by atoms with Gasteiger partial charge in [-0.05, 0) is 12.0 Å². The van der Waals surface area contributed by atoms with Crippen molar-refractivity contribution in [1.82, 2.24) is 19.7 Å². The molecule has 3 aromatic rings. The van der Waals surface area contributed by atoms with Crippen molar-refractivity contribution in [2.75, 3.05) is 7.05 Å². The lowest BCUT2D eigenvalue weighted by molar-refractivity contribution is -0.121. The maximum Gasteiger partial charge on any atom is 0.346 e.